The second-order valence-electron chi connectivity index (χ2n) is 4.93. The molecule has 0 unspecified atom stereocenters. The van der Waals surface area contributed by atoms with Gasteiger partial charge in [0.05, 0.1) is 29.7 Å². The number of benzene rings is 1. The molecule has 0 aliphatic heterocycles. The van der Waals surface area contributed by atoms with Gasteiger partial charge in [0.1, 0.15) is 18.2 Å². The molecule has 0 aliphatic rings. The fourth-order valence-electron chi connectivity index (χ4n) is 2.35. The zero-order valence-corrected chi connectivity index (χ0v) is 12.6. The van der Waals surface area contributed by atoms with E-state index in [0.29, 0.717) is 5.75 Å². The molecule has 0 radical (unpaired) electrons. The van der Waals surface area contributed by atoms with Crippen LogP contribution < -0.4 is 4.74 Å². The lowest BCUT2D eigenvalue weighted by atomic mass is 10.2. The summed E-state index contributed by atoms with van der Waals surface area (Å²) in [6.07, 6.45) is 5.48. The van der Waals surface area contributed by atoms with E-state index in [1.165, 1.54) is 0 Å². The van der Waals surface area contributed by atoms with Gasteiger partial charge in [-0.2, -0.15) is 5.10 Å². The first-order valence-electron chi connectivity index (χ1n) is 7.07. The molecule has 3 aromatic rings. The van der Waals surface area contributed by atoms with Gasteiger partial charge in [0, 0.05) is 19.4 Å². The van der Waals surface area contributed by atoms with Crippen molar-refractivity contribution in [3.8, 4) is 22.8 Å². The molecule has 0 atom stereocenters. The highest BCUT2D eigenvalue weighted by Crippen LogP contribution is 2.30. The summed E-state index contributed by atoms with van der Waals surface area (Å²) in [5.41, 5.74) is 2.91. The number of nitrogens with zero attached hydrogens (tertiary/aromatic N) is 4. The van der Waals surface area contributed by atoms with Crippen LogP contribution in [0.2, 0.25) is 0 Å². The number of aryl methyl sites for hydroxylation is 1. The fourth-order valence-corrected chi connectivity index (χ4v) is 2.35. The summed E-state index contributed by atoms with van der Waals surface area (Å²) >= 11 is 0. The van der Waals surface area contributed by atoms with Crippen LogP contribution in [0, 0.1) is 6.92 Å². The minimum absolute atomic E-state index is 0.0233. The molecule has 0 bridgehead atoms. The first-order chi connectivity index (χ1) is 10.7. The maximum atomic E-state index is 8.96. The Kier molecular flexibility index (Phi) is 3.93. The predicted octanol–water partition coefficient (Wildman–Crippen LogP) is 1.95. The molecule has 0 amide bonds. The average Bonchev–Trinajstić information content (AvgIpc) is 3.13. The highest BCUT2D eigenvalue weighted by molar-refractivity contribution is 5.66. The number of hydrogen-bond donors (Lipinski definition) is 1. The summed E-state index contributed by atoms with van der Waals surface area (Å²) in [5.74, 6) is 1.48. The summed E-state index contributed by atoms with van der Waals surface area (Å²) in [6.45, 7) is 2.24. The first-order valence-corrected chi connectivity index (χ1v) is 7.07. The maximum absolute atomic E-state index is 8.96. The number of aliphatic hydroxyl groups is 1. The van der Waals surface area contributed by atoms with Crippen LogP contribution in [0.4, 0.5) is 0 Å². The van der Waals surface area contributed by atoms with E-state index in [0.717, 1.165) is 22.8 Å². The van der Waals surface area contributed by atoms with Crippen molar-refractivity contribution in [3.63, 3.8) is 0 Å². The number of ether oxygens (including phenoxy) is 1. The van der Waals surface area contributed by atoms with Gasteiger partial charge in [0.15, 0.2) is 0 Å². The van der Waals surface area contributed by atoms with Gasteiger partial charge in [0.2, 0.25) is 0 Å². The lowest BCUT2D eigenvalue weighted by Crippen LogP contribution is -2.04. The zero-order valence-electron chi connectivity index (χ0n) is 12.6. The second kappa shape index (κ2) is 6.03. The Balaban J connectivity index is 2.08. The van der Waals surface area contributed by atoms with Gasteiger partial charge in [-0.3, -0.25) is 9.25 Å². The highest BCUT2D eigenvalue weighted by atomic mass is 16.5. The molecule has 6 heteroatoms. The summed E-state index contributed by atoms with van der Waals surface area (Å²) in [5, 5.41) is 13.2. The first kappa shape index (κ1) is 14.3. The van der Waals surface area contributed by atoms with E-state index < -0.39 is 0 Å². The van der Waals surface area contributed by atoms with Crippen molar-refractivity contribution in [1.82, 2.24) is 19.3 Å². The van der Waals surface area contributed by atoms with Crippen LogP contribution in [0.15, 0.2) is 42.9 Å². The lowest BCUT2D eigenvalue weighted by Gasteiger charge is -2.12. The minimum atomic E-state index is -0.0233. The monoisotopic (exact) mass is 298 g/mol. The van der Waals surface area contributed by atoms with Gasteiger partial charge in [0.25, 0.3) is 0 Å². The van der Waals surface area contributed by atoms with Gasteiger partial charge < -0.3 is 9.84 Å². The molecule has 2 aromatic heterocycles. The third-order valence-corrected chi connectivity index (χ3v) is 3.59. The molecule has 22 heavy (non-hydrogen) atoms. The number of aliphatic hydroxyl groups excluding tert-OH is 1. The van der Waals surface area contributed by atoms with E-state index in [9.17, 15) is 0 Å². The SMILES string of the molecule is Cc1c(-n2ccnc2-c2ccccc2OCCO)cnn1C. The number of para-hydroxylation sites is 1. The van der Waals surface area contributed by atoms with Crippen LogP contribution in [0.25, 0.3) is 17.1 Å². The Morgan fingerprint density at radius 3 is 2.82 bits per heavy atom. The largest absolute Gasteiger partial charge is 0.490 e. The normalized spacial score (nSPS) is 10.9. The Hall–Kier alpha value is -2.60. The Bertz CT molecular complexity index is 776. The van der Waals surface area contributed by atoms with Crippen molar-refractivity contribution in [2.24, 2.45) is 7.05 Å². The van der Waals surface area contributed by atoms with E-state index in [1.54, 1.807) is 6.20 Å². The van der Waals surface area contributed by atoms with Crippen LogP contribution in [-0.4, -0.2) is 37.7 Å². The number of aromatic nitrogens is 4. The predicted molar refractivity (Wildman–Crippen MR) is 83.1 cm³/mol. The lowest BCUT2D eigenvalue weighted by molar-refractivity contribution is 0.202. The van der Waals surface area contributed by atoms with Crippen molar-refractivity contribution in [1.29, 1.82) is 0 Å². The van der Waals surface area contributed by atoms with Crippen LogP contribution in [0.5, 0.6) is 5.75 Å². The molecule has 2 heterocycles. The molecule has 1 aromatic carbocycles. The van der Waals surface area contributed by atoms with Gasteiger partial charge in [-0.25, -0.2) is 4.98 Å². The number of imidazole rings is 1. The average molecular weight is 298 g/mol. The summed E-state index contributed by atoms with van der Waals surface area (Å²) in [7, 11) is 1.91. The van der Waals surface area contributed by atoms with Gasteiger partial charge in [-0.15, -0.1) is 0 Å². The van der Waals surface area contributed by atoms with E-state index >= 15 is 0 Å². The van der Waals surface area contributed by atoms with Gasteiger partial charge in [-0.1, -0.05) is 12.1 Å². The van der Waals surface area contributed by atoms with Crippen LogP contribution >= 0.6 is 0 Å². The van der Waals surface area contributed by atoms with Crippen molar-refractivity contribution >= 4 is 0 Å². The molecule has 1 N–H and O–H groups in total. The Labute approximate surface area is 128 Å². The molecule has 3 rings (SSSR count). The Morgan fingerprint density at radius 2 is 2.09 bits per heavy atom. The van der Waals surface area contributed by atoms with Crippen molar-refractivity contribution < 1.29 is 9.84 Å². The molecular weight excluding hydrogens is 280 g/mol. The van der Waals surface area contributed by atoms with Crippen molar-refractivity contribution in [2.75, 3.05) is 13.2 Å². The third kappa shape index (κ3) is 2.48. The molecular formula is C16H18N4O2. The van der Waals surface area contributed by atoms with Gasteiger partial charge >= 0.3 is 0 Å². The molecule has 0 saturated carbocycles. The third-order valence-electron chi connectivity index (χ3n) is 3.59. The van der Waals surface area contributed by atoms with Crippen LogP contribution in [0.1, 0.15) is 5.69 Å². The quantitative estimate of drug-likeness (QED) is 0.782. The van der Waals surface area contributed by atoms with Crippen molar-refractivity contribution in [3.05, 3.63) is 48.5 Å². The molecule has 6 nitrogen and oxygen atoms in total. The maximum Gasteiger partial charge on any atom is 0.148 e. The van der Waals surface area contributed by atoms with Crippen molar-refractivity contribution in [2.45, 2.75) is 6.92 Å². The smallest absolute Gasteiger partial charge is 0.148 e. The van der Waals surface area contributed by atoms with Gasteiger partial charge in [-0.05, 0) is 19.1 Å². The van der Waals surface area contributed by atoms with Crippen LogP contribution in [-0.2, 0) is 7.05 Å². The summed E-state index contributed by atoms with van der Waals surface area (Å²) < 4.78 is 9.43. The Morgan fingerprint density at radius 1 is 1.27 bits per heavy atom. The molecule has 0 fully saturated rings. The molecule has 0 saturated heterocycles. The van der Waals surface area contributed by atoms with E-state index in [4.69, 9.17) is 9.84 Å². The molecule has 0 spiro atoms. The van der Waals surface area contributed by atoms with Crippen LogP contribution in [0.3, 0.4) is 0 Å². The number of rotatable bonds is 5. The van der Waals surface area contributed by atoms with E-state index in [1.807, 2.05) is 59.9 Å². The van der Waals surface area contributed by atoms with E-state index in [2.05, 4.69) is 10.1 Å². The standard InChI is InChI=1S/C16H18N4O2/c1-12-14(11-18-19(12)2)20-8-7-17-16(20)13-5-3-4-6-15(13)22-10-9-21/h3-8,11,21H,9-10H2,1-2H3. The fraction of sp³-hybridized carbons (Fsp3) is 0.250. The molecule has 0 aliphatic carbocycles. The number of hydrogen-bond acceptors (Lipinski definition) is 4. The topological polar surface area (TPSA) is 65.1 Å². The minimum Gasteiger partial charge on any atom is -0.490 e. The van der Waals surface area contributed by atoms with E-state index in [-0.39, 0.29) is 13.2 Å². The molecule has 114 valence electrons. The summed E-state index contributed by atoms with van der Waals surface area (Å²) in [6, 6.07) is 7.67. The zero-order chi connectivity index (χ0) is 15.5. The summed E-state index contributed by atoms with van der Waals surface area (Å²) in [4.78, 5) is 4.47. The second-order valence-corrected chi connectivity index (χ2v) is 4.93. The highest BCUT2D eigenvalue weighted by Gasteiger charge is 2.15.